The second-order valence-electron chi connectivity index (χ2n) is 8.05. The van der Waals surface area contributed by atoms with Gasteiger partial charge in [-0.25, -0.2) is 0 Å². The van der Waals surface area contributed by atoms with Gasteiger partial charge >= 0.3 is 174 Å². The number of ether oxygens (including phenoxy) is 3. The molecule has 0 aromatic heterocycles. The van der Waals surface area contributed by atoms with Crippen molar-refractivity contribution in [2.24, 2.45) is 0 Å². The summed E-state index contributed by atoms with van der Waals surface area (Å²) in [4.78, 5) is 13.3. The molecule has 1 aliphatic heterocycles. The van der Waals surface area contributed by atoms with Crippen LogP contribution in [0.15, 0.2) is 60.7 Å². The second kappa shape index (κ2) is 8.79. The van der Waals surface area contributed by atoms with Crippen molar-refractivity contribution in [1.29, 1.82) is 0 Å². The molecule has 1 fully saturated rings. The Morgan fingerprint density at radius 2 is 1.61 bits per heavy atom. The molecule has 4 nitrogen and oxygen atoms in total. The van der Waals surface area contributed by atoms with Crippen LogP contribution in [0.5, 0.6) is 0 Å². The van der Waals surface area contributed by atoms with E-state index in [1.54, 1.807) is 0 Å². The Morgan fingerprint density at radius 3 is 2.21 bits per heavy atom. The summed E-state index contributed by atoms with van der Waals surface area (Å²) in [5, 5.41) is 0. The van der Waals surface area contributed by atoms with Crippen molar-refractivity contribution < 1.29 is 19.0 Å². The van der Waals surface area contributed by atoms with Gasteiger partial charge in [0, 0.05) is 0 Å². The zero-order chi connectivity index (χ0) is 20.2. The Bertz CT molecular complexity index is 772. The Labute approximate surface area is 173 Å². The summed E-state index contributed by atoms with van der Waals surface area (Å²) in [6.45, 7) is 8.23. The predicted molar refractivity (Wildman–Crippen MR) is 111 cm³/mol. The molecule has 0 amide bonds. The molecule has 2 aromatic carbocycles. The molecular weight excluding hydrogens is 419 g/mol. The molecule has 0 aliphatic carbocycles. The molecule has 1 heterocycles. The SMILES string of the molecule is CC(C)(C)OC(=O)[C@@](C)([Se]c1ccccc1)[C@@H]1CCO[C@H](c2ccccc2)O1. The van der Waals surface area contributed by atoms with Crippen LogP contribution in [0, 0.1) is 0 Å². The van der Waals surface area contributed by atoms with Gasteiger partial charge < -0.3 is 0 Å². The van der Waals surface area contributed by atoms with Crippen molar-refractivity contribution in [3.05, 3.63) is 66.2 Å². The Kier molecular flexibility index (Phi) is 6.61. The summed E-state index contributed by atoms with van der Waals surface area (Å²) in [5.74, 6) is -0.206. The van der Waals surface area contributed by atoms with Crippen LogP contribution >= 0.6 is 0 Å². The van der Waals surface area contributed by atoms with E-state index in [4.69, 9.17) is 14.2 Å². The molecule has 0 bridgehead atoms. The summed E-state index contributed by atoms with van der Waals surface area (Å²) in [6, 6.07) is 20.0. The van der Waals surface area contributed by atoms with Gasteiger partial charge in [-0.1, -0.05) is 0 Å². The number of esters is 1. The van der Waals surface area contributed by atoms with E-state index in [0.717, 1.165) is 10.0 Å². The minimum absolute atomic E-state index is 0.153. The third-order valence-corrected chi connectivity index (χ3v) is 7.36. The zero-order valence-electron chi connectivity index (χ0n) is 16.9. The third kappa shape index (κ3) is 5.24. The van der Waals surface area contributed by atoms with E-state index in [9.17, 15) is 4.79 Å². The number of hydrogen-bond acceptors (Lipinski definition) is 4. The first-order valence-corrected chi connectivity index (χ1v) is 11.3. The van der Waals surface area contributed by atoms with Gasteiger partial charge in [0.1, 0.15) is 0 Å². The third-order valence-electron chi connectivity index (χ3n) is 4.50. The molecule has 0 spiro atoms. The molecule has 5 heteroatoms. The van der Waals surface area contributed by atoms with Gasteiger partial charge in [-0.05, 0) is 0 Å². The molecule has 150 valence electrons. The Morgan fingerprint density at radius 1 is 1.00 bits per heavy atom. The number of hydrogen-bond donors (Lipinski definition) is 0. The molecule has 3 rings (SSSR count). The minimum atomic E-state index is -0.752. The van der Waals surface area contributed by atoms with E-state index in [1.165, 1.54) is 0 Å². The van der Waals surface area contributed by atoms with Gasteiger partial charge in [0.15, 0.2) is 0 Å². The van der Waals surface area contributed by atoms with Gasteiger partial charge in [-0.3, -0.25) is 0 Å². The number of benzene rings is 2. The fourth-order valence-electron chi connectivity index (χ4n) is 3.08. The molecule has 0 saturated carbocycles. The quantitative estimate of drug-likeness (QED) is 0.513. The van der Waals surface area contributed by atoms with E-state index < -0.39 is 16.2 Å². The van der Waals surface area contributed by atoms with Crippen LogP contribution in [0.25, 0.3) is 0 Å². The van der Waals surface area contributed by atoms with Crippen molar-refractivity contribution >= 4 is 25.4 Å². The van der Waals surface area contributed by atoms with Crippen molar-refractivity contribution in [3.63, 3.8) is 0 Å². The molecule has 0 radical (unpaired) electrons. The molecule has 2 aromatic rings. The Hall–Kier alpha value is -1.65. The number of carbonyl (C=O) groups excluding carboxylic acids is 1. The van der Waals surface area contributed by atoms with Crippen LogP contribution in [-0.2, 0) is 19.0 Å². The standard InChI is InChI=1S/C23H28O4Se/c1-22(2,3)27-21(24)23(4,28-18-13-9-6-10-14-18)19-15-16-25-20(26-19)17-11-7-5-8-12-17/h5-14,19-20H,15-16H2,1-4H3/t19-,20-,23-/m0/s1. The van der Waals surface area contributed by atoms with Crippen LogP contribution in [0.3, 0.4) is 0 Å². The molecule has 3 atom stereocenters. The van der Waals surface area contributed by atoms with E-state index in [2.05, 4.69) is 12.1 Å². The Balaban J connectivity index is 1.87. The fraction of sp³-hybridized carbons (Fsp3) is 0.435. The monoisotopic (exact) mass is 448 g/mol. The number of rotatable bonds is 5. The predicted octanol–water partition coefficient (Wildman–Crippen LogP) is 4.04. The van der Waals surface area contributed by atoms with Gasteiger partial charge in [0.25, 0.3) is 0 Å². The van der Waals surface area contributed by atoms with Crippen LogP contribution in [0.2, 0.25) is 4.31 Å². The van der Waals surface area contributed by atoms with Crippen LogP contribution in [0.1, 0.15) is 46.0 Å². The first kappa shape index (κ1) is 21.1. The van der Waals surface area contributed by atoms with Crippen LogP contribution in [-0.4, -0.2) is 39.2 Å². The summed E-state index contributed by atoms with van der Waals surface area (Å²) in [6.07, 6.45) is -0.0806. The van der Waals surface area contributed by atoms with E-state index in [-0.39, 0.29) is 27.0 Å². The van der Waals surface area contributed by atoms with Crippen LogP contribution in [0.4, 0.5) is 0 Å². The second-order valence-corrected chi connectivity index (χ2v) is 11.2. The first-order chi connectivity index (χ1) is 13.3. The van der Waals surface area contributed by atoms with E-state index in [0.29, 0.717) is 13.0 Å². The van der Waals surface area contributed by atoms with Gasteiger partial charge in [-0.15, -0.1) is 0 Å². The van der Waals surface area contributed by atoms with Gasteiger partial charge in [0.2, 0.25) is 0 Å². The van der Waals surface area contributed by atoms with Crippen molar-refractivity contribution in [2.45, 2.75) is 56.4 Å². The average molecular weight is 447 g/mol. The summed E-state index contributed by atoms with van der Waals surface area (Å²) < 4.78 is 18.4. The summed E-state index contributed by atoms with van der Waals surface area (Å²) in [5.41, 5.74) is 0.417. The molecule has 0 N–H and O–H groups in total. The average Bonchev–Trinajstić information content (AvgIpc) is 2.68. The molecule has 1 saturated heterocycles. The fourth-order valence-corrected chi connectivity index (χ4v) is 5.62. The van der Waals surface area contributed by atoms with Crippen LogP contribution < -0.4 is 4.46 Å². The van der Waals surface area contributed by atoms with E-state index in [1.807, 2.05) is 76.2 Å². The topological polar surface area (TPSA) is 44.8 Å². The molecule has 28 heavy (non-hydrogen) atoms. The maximum atomic E-state index is 13.3. The zero-order valence-corrected chi connectivity index (χ0v) is 18.6. The normalized spacial score (nSPS) is 22.3. The van der Waals surface area contributed by atoms with Crippen molar-refractivity contribution in [3.8, 4) is 0 Å². The summed E-state index contributed by atoms with van der Waals surface area (Å²) >= 11 is -0.153. The van der Waals surface area contributed by atoms with Crippen molar-refractivity contribution in [1.82, 2.24) is 0 Å². The van der Waals surface area contributed by atoms with Crippen molar-refractivity contribution in [2.75, 3.05) is 6.61 Å². The molecule has 0 unspecified atom stereocenters. The maximum absolute atomic E-state index is 13.3. The van der Waals surface area contributed by atoms with Gasteiger partial charge in [-0.2, -0.15) is 0 Å². The molecular formula is C23H28O4Se. The van der Waals surface area contributed by atoms with Gasteiger partial charge in [0.05, 0.1) is 0 Å². The molecule has 1 aliphatic rings. The number of carbonyl (C=O) groups is 1. The van der Waals surface area contributed by atoms with E-state index >= 15 is 0 Å². The summed E-state index contributed by atoms with van der Waals surface area (Å²) in [7, 11) is 0. The first-order valence-electron chi connectivity index (χ1n) is 9.57.